The molecule has 112 valence electrons. The SMILES string of the molecule is COc1ccc(CNS(=O)(=O)c2cc(N)ccc2Cl)cc1. The molecule has 0 saturated heterocycles. The zero-order valence-electron chi connectivity index (χ0n) is 11.3. The second-order valence-corrected chi connectivity index (χ2v) is 6.51. The number of ether oxygens (including phenoxy) is 1. The minimum atomic E-state index is -3.72. The van der Waals surface area contributed by atoms with Crippen molar-refractivity contribution in [1.82, 2.24) is 4.72 Å². The van der Waals surface area contributed by atoms with Crippen LogP contribution in [0.1, 0.15) is 5.56 Å². The molecule has 5 nitrogen and oxygen atoms in total. The van der Waals surface area contributed by atoms with Gasteiger partial charge < -0.3 is 10.5 Å². The maximum Gasteiger partial charge on any atom is 0.242 e. The average molecular weight is 327 g/mol. The van der Waals surface area contributed by atoms with Crippen LogP contribution in [0.3, 0.4) is 0 Å². The van der Waals surface area contributed by atoms with E-state index in [1.807, 2.05) is 0 Å². The van der Waals surface area contributed by atoms with E-state index < -0.39 is 10.0 Å². The lowest BCUT2D eigenvalue weighted by Gasteiger charge is -2.09. The quantitative estimate of drug-likeness (QED) is 0.827. The Labute approximate surface area is 128 Å². The van der Waals surface area contributed by atoms with E-state index in [1.165, 1.54) is 12.1 Å². The van der Waals surface area contributed by atoms with Crippen LogP contribution in [-0.4, -0.2) is 15.5 Å². The van der Waals surface area contributed by atoms with Crippen LogP contribution in [0.15, 0.2) is 47.4 Å². The average Bonchev–Trinajstić information content (AvgIpc) is 2.48. The molecule has 0 aliphatic rings. The van der Waals surface area contributed by atoms with Gasteiger partial charge in [-0.05, 0) is 35.9 Å². The Balaban J connectivity index is 2.15. The third-order valence-corrected chi connectivity index (χ3v) is 4.75. The van der Waals surface area contributed by atoms with Crippen molar-refractivity contribution in [2.45, 2.75) is 11.4 Å². The monoisotopic (exact) mass is 326 g/mol. The van der Waals surface area contributed by atoms with Gasteiger partial charge in [-0.1, -0.05) is 23.7 Å². The number of benzene rings is 2. The molecule has 0 aromatic heterocycles. The molecule has 0 aliphatic heterocycles. The van der Waals surface area contributed by atoms with Gasteiger partial charge in [-0.15, -0.1) is 0 Å². The zero-order valence-corrected chi connectivity index (χ0v) is 12.9. The van der Waals surface area contributed by atoms with Crippen molar-refractivity contribution in [2.75, 3.05) is 12.8 Å². The molecular formula is C14H15ClN2O3S. The molecule has 0 unspecified atom stereocenters. The van der Waals surface area contributed by atoms with Gasteiger partial charge >= 0.3 is 0 Å². The van der Waals surface area contributed by atoms with E-state index in [9.17, 15) is 8.42 Å². The van der Waals surface area contributed by atoms with E-state index in [0.29, 0.717) is 11.4 Å². The van der Waals surface area contributed by atoms with Gasteiger partial charge in [0.2, 0.25) is 10.0 Å². The van der Waals surface area contributed by atoms with Gasteiger partial charge in [0, 0.05) is 12.2 Å². The predicted octanol–water partition coefficient (Wildman–Crippen LogP) is 2.41. The van der Waals surface area contributed by atoms with Crippen molar-refractivity contribution in [3.8, 4) is 5.75 Å². The van der Waals surface area contributed by atoms with Gasteiger partial charge in [0.05, 0.1) is 12.1 Å². The summed E-state index contributed by atoms with van der Waals surface area (Å²) in [4.78, 5) is -0.0299. The first-order valence-electron chi connectivity index (χ1n) is 6.10. The van der Waals surface area contributed by atoms with E-state index in [-0.39, 0.29) is 16.5 Å². The number of nitrogens with two attached hydrogens (primary N) is 1. The fourth-order valence-electron chi connectivity index (χ4n) is 1.73. The molecule has 0 saturated carbocycles. The summed E-state index contributed by atoms with van der Waals surface area (Å²) in [6.45, 7) is 0.150. The van der Waals surface area contributed by atoms with Gasteiger partial charge in [0.1, 0.15) is 10.6 Å². The standard InChI is InChI=1S/C14H15ClN2O3S/c1-20-12-5-2-10(3-6-12)9-17-21(18,19)14-8-11(16)4-7-13(14)15/h2-8,17H,9,16H2,1H3. The van der Waals surface area contributed by atoms with Gasteiger partial charge in [-0.3, -0.25) is 0 Å². The highest BCUT2D eigenvalue weighted by Gasteiger charge is 2.17. The molecule has 0 bridgehead atoms. The van der Waals surface area contributed by atoms with Crippen LogP contribution < -0.4 is 15.2 Å². The lowest BCUT2D eigenvalue weighted by atomic mass is 10.2. The smallest absolute Gasteiger partial charge is 0.242 e. The summed E-state index contributed by atoms with van der Waals surface area (Å²) in [5.74, 6) is 0.709. The van der Waals surface area contributed by atoms with E-state index in [2.05, 4.69) is 4.72 Å². The number of hydrogen-bond acceptors (Lipinski definition) is 4. The summed E-state index contributed by atoms with van der Waals surface area (Å²) in [6, 6.07) is 11.4. The van der Waals surface area contributed by atoms with Crippen LogP contribution in [0, 0.1) is 0 Å². The summed E-state index contributed by atoms with van der Waals surface area (Å²) in [5, 5.41) is 0.131. The lowest BCUT2D eigenvalue weighted by Crippen LogP contribution is -2.23. The topological polar surface area (TPSA) is 81.4 Å². The number of methoxy groups -OCH3 is 1. The molecular weight excluding hydrogens is 312 g/mol. The van der Waals surface area contributed by atoms with Gasteiger partial charge in [-0.2, -0.15) is 0 Å². The van der Waals surface area contributed by atoms with E-state index in [0.717, 1.165) is 5.56 Å². The van der Waals surface area contributed by atoms with Crippen molar-refractivity contribution in [3.63, 3.8) is 0 Å². The molecule has 7 heteroatoms. The Morgan fingerprint density at radius 2 is 1.86 bits per heavy atom. The van der Waals surface area contributed by atoms with E-state index in [1.54, 1.807) is 37.4 Å². The van der Waals surface area contributed by atoms with Crippen LogP contribution in [0.5, 0.6) is 5.75 Å². The predicted molar refractivity (Wildman–Crippen MR) is 82.9 cm³/mol. The minimum Gasteiger partial charge on any atom is -0.497 e. The van der Waals surface area contributed by atoms with Gasteiger partial charge in [0.15, 0.2) is 0 Å². The van der Waals surface area contributed by atoms with Crippen molar-refractivity contribution in [2.24, 2.45) is 0 Å². The second-order valence-electron chi connectivity index (χ2n) is 4.36. The fraction of sp³-hybridized carbons (Fsp3) is 0.143. The Morgan fingerprint density at radius 1 is 1.19 bits per heavy atom. The third kappa shape index (κ3) is 3.87. The highest BCUT2D eigenvalue weighted by molar-refractivity contribution is 7.89. The summed E-state index contributed by atoms with van der Waals surface area (Å²) in [6.07, 6.45) is 0. The molecule has 2 aromatic rings. The third-order valence-electron chi connectivity index (χ3n) is 2.87. The molecule has 0 aliphatic carbocycles. The molecule has 0 heterocycles. The highest BCUT2D eigenvalue weighted by atomic mass is 35.5. The molecule has 0 radical (unpaired) electrons. The maximum absolute atomic E-state index is 12.2. The van der Waals surface area contributed by atoms with Crippen LogP contribution in [0.2, 0.25) is 5.02 Å². The van der Waals surface area contributed by atoms with Crippen molar-refractivity contribution in [3.05, 3.63) is 53.1 Å². The molecule has 2 aromatic carbocycles. The van der Waals surface area contributed by atoms with E-state index in [4.69, 9.17) is 22.1 Å². The molecule has 0 atom stereocenters. The van der Waals surface area contributed by atoms with Crippen LogP contribution in [0.4, 0.5) is 5.69 Å². The fourth-order valence-corrected chi connectivity index (χ4v) is 3.28. The number of halogens is 1. The highest BCUT2D eigenvalue weighted by Crippen LogP contribution is 2.23. The first-order chi connectivity index (χ1) is 9.92. The minimum absolute atomic E-state index is 0.0299. The van der Waals surface area contributed by atoms with Crippen molar-refractivity contribution in [1.29, 1.82) is 0 Å². The Morgan fingerprint density at radius 3 is 2.48 bits per heavy atom. The number of nitrogens with one attached hydrogen (secondary N) is 1. The van der Waals surface area contributed by atoms with Crippen molar-refractivity contribution < 1.29 is 13.2 Å². The summed E-state index contributed by atoms with van der Waals surface area (Å²) >= 11 is 5.91. The Kier molecular flexibility index (Phi) is 4.72. The van der Waals surface area contributed by atoms with Crippen molar-refractivity contribution >= 4 is 27.3 Å². The Hall–Kier alpha value is -1.76. The number of sulfonamides is 1. The maximum atomic E-state index is 12.2. The second kappa shape index (κ2) is 6.34. The molecule has 0 fully saturated rings. The zero-order chi connectivity index (χ0) is 15.5. The first-order valence-corrected chi connectivity index (χ1v) is 7.96. The molecule has 3 N–H and O–H groups in total. The molecule has 0 amide bonds. The molecule has 2 rings (SSSR count). The number of rotatable bonds is 5. The number of nitrogen functional groups attached to an aromatic ring is 1. The van der Waals surface area contributed by atoms with Crippen LogP contribution in [0.25, 0.3) is 0 Å². The summed E-state index contributed by atoms with van der Waals surface area (Å²) in [5.41, 5.74) is 6.74. The van der Waals surface area contributed by atoms with Crippen LogP contribution in [-0.2, 0) is 16.6 Å². The first kappa shape index (κ1) is 15.6. The number of hydrogen-bond donors (Lipinski definition) is 2. The number of anilines is 1. The van der Waals surface area contributed by atoms with E-state index >= 15 is 0 Å². The summed E-state index contributed by atoms with van der Waals surface area (Å²) in [7, 11) is -2.15. The molecule has 0 spiro atoms. The molecule has 21 heavy (non-hydrogen) atoms. The van der Waals surface area contributed by atoms with Crippen LogP contribution >= 0.6 is 11.6 Å². The Bertz CT molecular complexity index is 730. The van der Waals surface area contributed by atoms with Gasteiger partial charge in [-0.25, -0.2) is 13.1 Å². The normalized spacial score (nSPS) is 11.3. The largest absolute Gasteiger partial charge is 0.497 e. The lowest BCUT2D eigenvalue weighted by molar-refractivity contribution is 0.414. The summed E-state index contributed by atoms with van der Waals surface area (Å²) < 4.78 is 32.0. The van der Waals surface area contributed by atoms with Gasteiger partial charge in [0.25, 0.3) is 0 Å².